The third kappa shape index (κ3) is 2.14. The predicted octanol–water partition coefficient (Wildman–Crippen LogP) is 4.66. The van der Waals surface area contributed by atoms with E-state index in [0.29, 0.717) is 0 Å². The first-order valence-electron chi connectivity index (χ1n) is 6.78. The Labute approximate surface area is 126 Å². The van der Waals surface area contributed by atoms with Crippen molar-refractivity contribution in [1.29, 1.82) is 0 Å². The van der Waals surface area contributed by atoms with E-state index in [-0.39, 0.29) is 0 Å². The molecule has 0 spiro atoms. The Hall–Kier alpha value is -2.46. The summed E-state index contributed by atoms with van der Waals surface area (Å²) in [5.41, 5.74) is 4.63. The monoisotopic (exact) mass is 291 g/mol. The fourth-order valence-electron chi connectivity index (χ4n) is 2.45. The molecule has 4 rings (SSSR count). The van der Waals surface area contributed by atoms with Gasteiger partial charge in [-0.1, -0.05) is 35.6 Å². The van der Waals surface area contributed by atoms with Crippen molar-refractivity contribution in [2.45, 2.75) is 6.92 Å². The van der Waals surface area contributed by atoms with Crippen LogP contribution < -0.4 is 0 Å². The topological polar surface area (TPSA) is 41.6 Å². The number of aromatic amines is 1. The molecule has 1 N–H and O–H groups in total. The van der Waals surface area contributed by atoms with Crippen molar-refractivity contribution in [3.63, 3.8) is 0 Å². The van der Waals surface area contributed by atoms with Gasteiger partial charge in [-0.3, -0.25) is 0 Å². The van der Waals surface area contributed by atoms with Crippen LogP contribution in [-0.2, 0) is 0 Å². The van der Waals surface area contributed by atoms with Crippen LogP contribution in [0.3, 0.4) is 0 Å². The largest absolute Gasteiger partial charge is 0.361 e. The number of hydrogen-bond donors (Lipinski definition) is 1. The average Bonchev–Trinajstić information content (AvgIpc) is 3.16. The number of benzene rings is 2. The molecule has 0 radical (unpaired) electrons. The lowest BCUT2D eigenvalue weighted by molar-refractivity contribution is 1.10. The van der Waals surface area contributed by atoms with Gasteiger partial charge >= 0.3 is 0 Å². The number of H-pyrrole nitrogens is 1. The lowest BCUT2D eigenvalue weighted by Crippen LogP contribution is -1.81. The Bertz CT molecular complexity index is 920. The molecule has 2 aromatic heterocycles. The highest BCUT2D eigenvalue weighted by atomic mass is 32.1. The highest BCUT2D eigenvalue weighted by molar-refractivity contribution is 7.17. The quantitative estimate of drug-likeness (QED) is 0.583. The Morgan fingerprint density at radius 3 is 2.71 bits per heavy atom. The van der Waals surface area contributed by atoms with Crippen LogP contribution in [0, 0.1) is 6.92 Å². The van der Waals surface area contributed by atoms with E-state index >= 15 is 0 Å². The summed E-state index contributed by atoms with van der Waals surface area (Å²) in [5.74, 6) is 0. The van der Waals surface area contributed by atoms with Gasteiger partial charge in [0.15, 0.2) is 0 Å². The van der Waals surface area contributed by atoms with Crippen molar-refractivity contribution in [2.24, 2.45) is 0 Å². The molecule has 0 saturated carbocycles. The number of aryl methyl sites for hydroxylation is 1. The summed E-state index contributed by atoms with van der Waals surface area (Å²) in [7, 11) is 0. The van der Waals surface area contributed by atoms with Crippen molar-refractivity contribution in [3.05, 3.63) is 60.3 Å². The van der Waals surface area contributed by atoms with Gasteiger partial charge in [0.05, 0.1) is 0 Å². The first-order chi connectivity index (χ1) is 10.3. The minimum atomic E-state index is 0.955. The van der Waals surface area contributed by atoms with Gasteiger partial charge in [0.2, 0.25) is 0 Å². The van der Waals surface area contributed by atoms with Crippen LogP contribution in [0.25, 0.3) is 32.0 Å². The number of nitrogens with zero attached hydrogens (tertiary/aromatic N) is 2. The molecule has 0 unspecified atom stereocenters. The molecule has 102 valence electrons. The van der Waals surface area contributed by atoms with Crippen LogP contribution in [0.15, 0.2) is 54.7 Å². The van der Waals surface area contributed by atoms with E-state index in [2.05, 4.69) is 58.5 Å². The maximum Gasteiger partial charge on any atom is 0.148 e. The summed E-state index contributed by atoms with van der Waals surface area (Å²) in [6, 6.07) is 16.7. The molecular formula is C17H13N3S. The van der Waals surface area contributed by atoms with Gasteiger partial charge in [-0.05, 0) is 36.8 Å². The lowest BCUT2D eigenvalue weighted by atomic mass is 10.1. The Morgan fingerprint density at radius 1 is 0.952 bits per heavy atom. The number of fused-ring (bicyclic) bond motifs is 1. The summed E-state index contributed by atoms with van der Waals surface area (Å²) in [5, 5.41) is 11.8. The minimum absolute atomic E-state index is 0.955. The zero-order valence-corrected chi connectivity index (χ0v) is 12.3. The van der Waals surface area contributed by atoms with Crippen molar-refractivity contribution in [2.75, 3.05) is 0 Å². The standard InChI is InChI=1S/C17H13N3S/c1-11-4-2-3-5-14(11)17-20-19-16(21-17)13-6-7-15-12(10-13)8-9-18-15/h2-10,18H,1H3. The van der Waals surface area contributed by atoms with Crippen LogP contribution in [0.4, 0.5) is 0 Å². The molecule has 0 aliphatic rings. The van der Waals surface area contributed by atoms with Gasteiger partial charge in [-0.25, -0.2) is 0 Å². The van der Waals surface area contributed by atoms with E-state index in [9.17, 15) is 0 Å². The molecule has 0 atom stereocenters. The normalized spacial score (nSPS) is 11.1. The van der Waals surface area contributed by atoms with Crippen LogP contribution in [0.5, 0.6) is 0 Å². The second kappa shape index (κ2) is 4.82. The Kier molecular flexibility index (Phi) is 2.82. The molecule has 0 aliphatic heterocycles. The van der Waals surface area contributed by atoms with E-state index in [1.165, 1.54) is 10.9 Å². The van der Waals surface area contributed by atoms with Gasteiger partial charge in [-0.15, -0.1) is 10.2 Å². The Balaban J connectivity index is 1.78. The van der Waals surface area contributed by atoms with Crippen molar-refractivity contribution in [3.8, 4) is 21.1 Å². The summed E-state index contributed by atoms with van der Waals surface area (Å²) in [6.45, 7) is 2.10. The van der Waals surface area contributed by atoms with Crippen molar-refractivity contribution < 1.29 is 0 Å². The van der Waals surface area contributed by atoms with Crippen molar-refractivity contribution in [1.82, 2.24) is 15.2 Å². The van der Waals surface area contributed by atoms with Crippen LogP contribution in [0.2, 0.25) is 0 Å². The first kappa shape index (κ1) is 12.3. The fourth-order valence-corrected chi connectivity index (χ4v) is 3.38. The van der Waals surface area contributed by atoms with Gasteiger partial charge in [-0.2, -0.15) is 0 Å². The third-order valence-corrected chi connectivity index (χ3v) is 4.61. The molecule has 2 heterocycles. The maximum atomic E-state index is 4.35. The van der Waals surface area contributed by atoms with E-state index in [4.69, 9.17) is 0 Å². The molecule has 3 nitrogen and oxygen atoms in total. The second-order valence-electron chi connectivity index (χ2n) is 5.01. The Morgan fingerprint density at radius 2 is 1.81 bits per heavy atom. The van der Waals surface area contributed by atoms with Gasteiger partial charge in [0.1, 0.15) is 10.0 Å². The predicted molar refractivity (Wildman–Crippen MR) is 87.4 cm³/mol. The zero-order chi connectivity index (χ0) is 14.2. The molecule has 0 bridgehead atoms. The molecule has 4 heteroatoms. The summed E-state index contributed by atoms with van der Waals surface area (Å²) < 4.78 is 0. The minimum Gasteiger partial charge on any atom is -0.361 e. The number of nitrogens with one attached hydrogen (secondary N) is 1. The zero-order valence-electron chi connectivity index (χ0n) is 11.5. The highest BCUT2D eigenvalue weighted by Gasteiger charge is 2.10. The van der Waals surface area contributed by atoms with Crippen LogP contribution >= 0.6 is 11.3 Å². The molecule has 21 heavy (non-hydrogen) atoms. The van der Waals surface area contributed by atoms with Gasteiger partial charge in [0, 0.05) is 28.2 Å². The fraction of sp³-hybridized carbons (Fsp3) is 0.0588. The molecular weight excluding hydrogens is 278 g/mol. The van der Waals surface area contributed by atoms with E-state index in [0.717, 1.165) is 26.7 Å². The van der Waals surface area contributed by atoms with E-state index in [1.807, 2.05) is 18.3 Å². The van der Waals surface area contributed by atoms with Crippen LogP contribution in [0.1, 0.15) is 5.56 Å². The third-order valence-electron chi connectivity index (χ3n) is 3.60. The lowest BCUT2D eigenvalue weighted by Gasteiger charge is -1.99. The molecule has 0 amide bonds. The summed E-state index contributed by atoms with van der Waals surface area (Å²) in [6.07, 6.45) is 1.95. The second-order valence-corrected chi connectivity index (χ2v) is 5.98. The molecule has 0 saturated heterocycles. The molecule has 4 aromatic rings. The summed E-state index contributed by atoms with van der Waals surface area (Å²) in [4.78, 5) is 3.20. The smallest absolute Gasteiger partial charge is 0.148 e. The van der Waals surface area contributed by atoms with Gasteiger partial charge < -0.3 is 4.98 Å². The van der Waals surface area contributed by atoms with Crippen molar-refractivity contribution >= 4 is 22.2 Å². The SMILES string of the molecule is Cc1ccccc1-c1nnc(-c2ccc3[nH]ccc3c2)s1. The number of hydrogen-bond acceptors (Lipinski definition) is 3. The van der Waals surface area contributed by atoms with Gasteiger partial charge in [0.25, 0.3) is 0 Å². The molecule has 0 aliphatic carbocycles. The molecule has 2 aromatic carbocycles. The highest BCUT2D eigenvalue weighted by Crippen LogP contribution is 2.32. The van der Waals surface area contributed by atoms with E-state index < -0.39 is 0 Å². The average molecular weight is 291 g/mol. The van der Waals surface area contributed by atoms with E-state index in [1.54, 1.807) is 11.3 Å². The first-order valence-corrected chi connectivity index (χ1v) is 7.60. The molecule has 0 fully saturated rings. The number of rotatable bonds is 2. The van der Waals surface area contributed by atoms with Crippen LogP contribution in [-0.4, -0.2) is 15.2 Å². The number of aromatic nitrogens is 3. The maximum absolute atomic E-state index is 4.35. The summed E-state index contributed by atoms with van der Waals surface area (Å²) >= 11 is 1.63.